The van der Waals surface area contributed by atoms with Crippen molar-refractivity contribution in [3.63, 3.8) is 0 Å². The molecule has 25 heavy (non-hydrogen) atoms. The Bertz CT molecular complexity index is 848. The summed E-state index contributed by atoms with van der Waals surface area (Å²) in [5.41, 5.74) is 0.684. The van der Waals surface area contributed by atoms with Crippen molar-refractivity contribution >= 4 is 11.6 Å². The molecule has 1 aromatic heterocycles. The molecule has 1 heterocycles. The summed E-state index contributed by atoms with van der Waals surface area (Å²) in [4.78, 5) is 11.9. The second-order valence-electron chi connectivity index (χ2n) is 5.31. The Balaban J connectivity index is 1.62. The monoisotopic (exact) mass is 341 g/mol. The molecule has 0 aliphatic rings. The van der Waals surface area contributed by atoms with E-state index in [-0.39, 0.29) is 23.8 Å². The second-order valence-corrected chi connectivity index (χ2v) is 5.31. The Hall–Kier alpha value is -3.12. The molecule has 0 saturated carbocycles. The number of nitrogens with one attached hydrogen (secondary N) is 1. The van der Waals surface area contributed by atoms with E-state index in [1.807, 2.05) is 0 Å². The quantitative estimate of drug-likeness (QED) is 0.716. The van der Waals surface area contributed by atoms with Crippen LogP contribution in [0.4, 0.5) is 10.1 Å². The van der Waals surface area contributed by atoms with Gasteiger partial charge in [0.05, 0.1) is 6.26 Å². The van der Waals surface area contributed by atoms with Crippen molar-refractivity contribution in [3.05, 3.63) is 84.1 Å². The van der Waals surface area contributed by atoms with Gasteiger partial charge in [0.1, 0.15) is 24.3 Å². The number of aliphatic hydroxyl groups is 1. The highest BCUT2D eigenvalue weighted by molar-refractivity contribution is 6.02. The van der Waals surface area contributed by atoms with Crippen LogP contribution in [0.25, 0.3) is 0 Å². The Morgan fingerprint density at radius 3 is 2.76 bits per heavy atom. The number of carbonyl (C=O) groups excluding carboxylic acids is 1. The van der Waals surface area contributed by atoms with E-state index in [9.17, 15) is 14.3 Å². The highest BCUT2D eigenvalue weighted by Gasteiger charge is 2.13. The standard InChI is InChI=1S/C19H16FNO4/c20-16-8-2-1-7-15(16)17(22)12-25-14-6-3-5-13(11-14)21-19(23)18-9-4-10-24-18/h1-11,17,22H,12H2,(H,21,23). The molecule has 1 amide bonds. The van der Waals surface area contributed by atoms with Crippen molar-refractivity contribution in [1.82, 2.24) is 0 Å². The van der Waals surface area contributed by atoms with E-state index in [1.54, 1.807) is 48.5 Å². The van der Waals surface area contributed by atoms with Gasteiger partial charge in [-0.25, -0.2) is 4.39 Å². The number of hydrogen-bond acceptors (Lipinski definition) is 4. The number of benzene rings is 2. The maximum atomic E-state index is 13.6. The van der Waals surface area contributed by atoms with Crippen LogP contribution >= 0.6 is 0 Å². The van der Waals surface area contributed by atoms with E-state index in [0.717, 1.165) is 0 Å². The first-order valence-electron chi connectivity index (χ1n) is 7.63. The molecule has 128 valence electrons. The number of hydrogen-bond donors (Lipinski definition) is 2. The molecule has 2 aromatic carbocycles. The van der Waals surface area contributed by atoms with Crippen molar-refractivity contribution in [1.29, 1.82) is 0 Å². The summed E-state index contributed by atoms with van der Waals surface area (Å²) < 4.78 is 24.2. The molecule has 1 unspecified atom stereocenters. The lowest BCUT2D eigenvalue weighted by Gasteiger charge is -2.14. The largest absolute Gasteiger partial charge is 0.490 e. The fraction of sp³-hybridized carbons (Fsp3) is 0.105. The summed E-state index contributed by atoms with van der Waals surface area (Å²) in [7, 11) is 0. The molecule has 0 spiro atoms. The van der Waals surface area contributed by atoms with Crippen LogP contribution in [0.2, 0.25) is 0 Å². The molecule has 6 heteroatoms. The normalized spacial score (nSPS) is 11.8. The summed E-state index contributed by atoms with van der Waals surface area (Å²) in [5.74, 6) is -0.236. The first kappa shape index (κ1) is 16.7. The van der Waals surface area contributed by atoms with Crippen LogP contribution in [0.15, 0.2) is 71.3 Å². The molecule has 3 aromatic rings. The Morgan fingerprint density at radius 1 is 1.16 bits per heavy atom. The molecular weight excluding hydrogens is 325 g/mol. The van der Waals surface area contributed by atoms with E-state index in [1.165, 1.54) is 18.4 Å². The number of amides is 1. The lowest BCUT2D eigenvalue weighted by molar-refractivity contribution is 0.0995. The first-order chi connectivity index (χ1) is 12.1. The molecule has 0 bridgehead atoms. The number of ether oxygens (including phenoxy) is 1. The molecule has 0 aliphatic carbocycles. The van der Waals surface area contributed by atoms with Crippen LogP contribution in [0.3, 0.4) is 0 Å². The van der Waals surface area contributed by atoms with Crippen LogP contribution in [0, 0.1) is 5.82 Å². The third-order valence-electron chi connectivity index (χ3n) is 3.51. The summed E-state index contributed by atoms with van der Waals surface area (Å²) in [5, 5.41) is 12.7. The zero-order chi connectivity index (χ0) is 17.6. The topological polar surface area (TPSA) is 71.7 Å². The predicted molar refractivity (Wildman–Crippen MR) is 90.0 cm³/mol. The van der Waals surface area contributed by atoms with Gasteiger partial charge in [0.15, 0.2) is 5.76 Å². The van der Waals surface area contributed by atoms with Gasteiger partial charge in [-0.3, -0.25) is 4.79 Å². The summed E-state index contributed by atoms with van der Waals surface area (Å²) in [6.07, 6.45) is 0.320. The number of furan rings is 1. The average Bonchev–Trinajstić information content (AvgIpc) is 3.15. The van der Waals surface area contributed by atoms with Gasteiger partial charge in [0.25, 0.3) is 5.91 Å². The summed E-state index contributed by atoms with van der Waals surface area (Å²) >= 11 is 0. The number of anilines is 1. The van der Waals surface area contributed by atoms with Gasteiger partial charge in [-0.05, 0) is 30.3 Å². The maximum absolute atomic E-state index is 13.6. The van der Waals surface area contributed by atoms with Gasteiger partial charge < -0.3 is 19.6 Å². The number of aliphatic hydroxyl groups excluding tert-OH is 1. The third-order valence-corrected chi connectivity index (χ3v) is 3.51. The molecule has 5 nitrogen and oxygen atoms in total. The average molecular weight is 341 g/mol. The zero-order valence-corrected chi connectivity index (χ0v) is 13.2. The minimum Gasteiger partial charge on any atom is -0.490 e. The highest BCUT2D eigenvalue weighted by atomic mass is 19.1. The Labute approximate surface area is 143 Å². The fourth-order valence-electron chi connectivity index (χ4n) is 2.27. The molecule has 0 fully saturated rings. The molecule has 3 rings (SSSR count). The van der Waals surface area contributed by atoms with Crippen molar-refractivity contribution in [2.75, 3.05) is 11.9 Å². The predicted octanol–water partition coefficient (Wildman–Crippen LogP) is 3.78. The first-order valence-corrected chi connectivity index (χ1v) is 7.63. The van der Waals surface area contributed by atoms with Crippen LogP contribution in [0.1, 0.15) is 22.2 Å². The number of halogens is 1. The zero-order valence-electron chi connectivity index (χ0n) is 13.2. The van der Waals surface area contributed by atoms with Crippen LogP contribution in [-0.2, 0) is 0 Å². The van der Waals surface area contributed by atoms with Gasteiger partial charge in [-0.15, -0.1) is 0 Å². The number of rotatable bonds is 6. The molecular formula is C19H16FNO4. The van der Waals surface area contributed by atoms with Gasteiger partial charge in [0, 0.05) is 17.3 Å². The lowest BCUT2D eigenvalue weighted by atomic mass is 10.1. The fourth-order valence-corrected chi connectivity index (χ4v) is 2.27. The molecule has 0 aliphatic heterocycles. The molecule has 1 atom stereocenters. The summed E-state index contributed by atoms with van der Waals surface area (Å²) in [6, 6.07) is 15.8. The lowest BCUT2D eigenvalue weighted by Crippen LogP contribution is -2.12. The van der Waals surface area contributed by atoms with Crippen LogP contribution in [-0.4, -0.2) is 17.6 Å². The Kier molecular flexibility index (Phi) is 5.11. The van der Waals surface area contributed by atoms with E-state index < -0.39 is 11.9 Å². The van der Waals surface area contributed by atoms with Gasteiger partial charge in [0.2, 0.25) is 0 Å². The van der Waals surface area contributed by atoms with E-state index in [2.05, 4.69) is 5.32 Å². The van der Waals surface area contributed by atoms with Crippen molar-refractivity contribution in [3.8, 4) is 5.75 Å². The van der Waals surface area contributed by atoms with Crippen molar-refractivity contribution < 1.29 is 23.4 Å². The van der Waals surface area contributed by atoms with Crippen LogP contribution < -0.4 is 10.1 Å². The van der Waals surface area contributed by atoms with Crippen LogP contribution in [0.5, 0.6) is 5.75 Å². The second kappa shape index (κ2) is 7.63. The highest BCUT2D eigenvalue weighted by Crippen LogP contribution is 2.21. The third kappa shape index (κ3) is 4.24. The van der Waals surface area contributed by atoms with E-state index in [0.29, 0.717) is 11.4 Å². The van der Waals surface area contributed by atoms with Gasteiger partial charge in [-0.1, -0.05) is 24.3 Å². The van der Waals surface area contributed by atoms with E-state index in [4.69, 9.17) is 9.15 Å². The minimum absolute atomic E-state index is 0.115. The number of carbonyl (C=O) groups is 1. The molecule has 2 N–H and O–H groups in total. The Morgan fingerprint density at radius 2 is 2.00 bits per heavy atom. The summed E-state index contributed by atoms with van der Waals surface area (Å²) in [6.45, 7) is -0.115. The van der Waals surface area contributed by atoms with E-state index >= 15 is 0 Å². The smallest absolute Gasteiger partial charge is 0.291 e. The molecule has 0 radical (unpaired) electrons. The molecule has 0 saturated heterocycles. The van der Waals surface area contributed by atoms with Gasteiger partial charge >= 0.3 is 0 Å². The minimum atomic E-state index is -1.09. The van der Waals surface area contributed by atoms with Gasteiger partial charge in [-0.2, -0.15) is 0 Å². The maximum Gasteiger partial charge on any atom is 0.291 e. The SMILES string of the molecule is O=C(Nc1cccc(OCC(O)c2ccccc2F)c1)c1ccco1. The van der Waals surface area contributed by atoms with Crippen molar-refractivity contribution in [2.24, 2.45) is 0 Å². The van der Waals surface area contributed by atoms with Crippen molar-refractivity contribution in [2.45, 2.75) is 6.10 Å².